The van der Waals surface area contributed by atoms with Gasteiger partial charge in [-0.05, 0) is 42.0 Å². The maximum atomic E-state index is 9.51. The highest BCUT2D eigenvalue weighted by atomic mass is 32.1. The summed E-state index contributed by atoms with van der Waals surface area (Å²) in [7, 11) is 0. The smallest absolute Gasteiger partial charge is 0.119 e. The molecule has 3 rings (SSSR count). The number of benzene rings is 2. The van der Waals surface area contributed by atoms with Gasteiger partial charge in [-0.25, -0.2) is 4.98 Å². The van der Waals surface area contributed by atoms with E-state index in [1.165, 1.54) is 4.88 Å². The van der Waals surface area contributed by atoms with E-state index in [4.69, 9.17) is 4.74 Å². The van der Waals surface area contributed by atoms with Crippen LogP contribution >= 0.6 is 11.3 Å². The first-order valence-corrected chi connectivity index (χ1v) is 7.35. The Morgan fingerprint density at radius 2 is 2.00 bits per heavy atom. The highest BCUT2D eigenvalue weighted by molar-refractivity contribution is 7.09. The van der Waals surface area contributed by atoms with Crippen LogP contribution in [0.15, 0.2) is 41.9 Å². The molecule has 0 fully saturated rings. The highest BCUT2D eigenvalue weighted by Gasteiger charge is 2.03. The standard InChI is InChI=1S/C16H15NO2S/c1-11-16(20-10-17-11)6-7-19-15-5-3-12-2-4-14(18)8-13(12)9-15/h2-5,8-10,18H,6-7H2,1H3. The number of aryl methyl sites for hydroxylation is 1. The molecule has 20 heavy (non-hydrogen) atoms. The Morgan fingerprint density at radius 1 is 1.15 bits per heavy atom. The van der Waals surface area contributed by atoms with Crippen LogP contribution in [0.25, 0.3) is 10.8 Å². The quantitative estimate of drug-likeness (QED) is 0.789. The molecule has 1 N–H and O–H groups in total. The number of ether oxygens (including phenoxy) is 1. The average Bonchev–Trinajstić information content (AvgIpc) is 2.84. The number of phenolic OH excluding ortho intramolecular Hbond substituents is 1. The van der Waals surface area contributed by atoms with Crippen molar-refractivity contribution in [3.63, 3.8) is 0 Å². The summed E-state index contributed by atoms with van der Waals surface area (Å²) in [5.74, 6) is 1.10. The molecule has 0 saturated heterocycles. The number of phenols is 1. The highest BCUT2D eigenvalue weighted by Crippen LogP contribution is 2.24. The predicted molar refractivity (Wildman–Crippen MR) is 81.7 cm³/mol. The fraction of sp³-hybridized carbons (Fsp3) is 0.188. The molecule has 102 valence electrons. The van der Waals surface area contributed by atoms with Crippen molar-refractivity contribution in [3.8, 4) is 11.5 Å². The minimum Gasteiger partial charge on any atom is -0.508 e. The van der Waals surface area contributed by atoms with Crippen LogP contribution in [0.1, 0.15) is 10.6 Å². The van der Waals surface area contributed by atoms with Crippen LogP contribution in [0, 0.1) is 6.92 Å². The van der Waals surface area contributed by atoms with Crippen LogP contribution in [-0.2, 0) is 6.42 Å². The van der Waals surface area contributed by atoms with Gasteiger partial charge in [0.25, 0.3) is 0 Å². The van der Waals surface area contributed by atoms with Gasteiger partial charge < -0.3 is 9.84 Å². The van der Waals surface area contributed by atoms with Crippen molar-refractivity contribution >= 4 is 22.1 Å². The van der Waals surface area contributed by atoms with Gasteiger partial charge in [-0.3, -0.25) is 0 Å². The maximum Gasteiger partial charge on any atom is 0.119 e. The lowest BCUT2D eigenvalue weighted by Crippen LogP contribution is -2.01. The molecule has 0 radical (unpaired) electrons. The molecule has 0 spiro atoms. The molecule has 2 aromatic carbocycles. The van der Waals surface area contributed by atoms with Gasteiger partial charge in [0.2, 0.25) is 0 Å². The lowest BCUT2D eigenvalue weighted by Gasteiger charge is -2.07. The Balaban J connectivity index is 1.70. The molecule has 0 aliphatic heterocycles. The molecule has 1 heterocycles. The molecule has 0 saturated carbocycles. The Kier molecular flexibility index (Phi) is 3.56. The molecule has 0 unspecified atom stereocenters. The Hall–Kier alpha value is -2.07. The number of hydrogen-bond donors (Lipinski definition) is 1. The fourth-order valence-corrected chi connectivity index (χ4v) is 2.89. The van der Waals surface area contributed by atoms with Gasteiger partial charge in [0.05, 0.1) is 17.8 Å². The van der Waals surface area contributed by atoms with E-state index in [9.17, 15) is 5.11 Å². The Labute approximate surface area is 121 Å². The summed E-state index contributed by atoms with van der Waals surface area (Å²) in [5, 5.41) is 11.6. The van der Waals surface area contributed by atoms with Crippen LogP contribution in [-0.4, -0.2) is 16.7 Å². The molecular weight excluding hydrogens is 270 g/mol. The second kappa shape index (κ2) is 5.51. The molecule has 4 heteroatoms. The third-order valence-electron chi connectivity index (χ3n) is 3.24. The fourth-order valence-electron chi connectivity index (χ4n) is 2.13. The van der Waals surface area contributed by atoms with Crippen LogP contribution in [0.2, 0.25) is 0 Å². The van der Waals surface area contributed by atoms with Gasteiger partial charge in [0.1, 0.15) is 11.5 Å². The minimum absolute atomic E-state index is 0.273. The van der Waals surface area contributed by atoms with Crippen molar-refractivity contribution in [2.24, 2.45) is 0 Å². The van der Waals surface area contributed by atoms with Crippen LogP contribution < -0.4 is 4.74 Å². The number of hydrogen-bond acceptors (Lipinski definition) is 4. The first kappa shape index (κ1) is 12.9. The third-order valence-corrected chi connectivity index (χ3v) is 4.23. The zero-order valence-electron chi connectivity index (χ0n) is 11.2. The van der Waals surface area contributed by atoms with Crippen molar-refractivity contribution in [1.82, 2.24) is 4.98 Å². The number of aromatic nitrogens is 1. The number of thiazole rings is 1. The van der Waals surface area contributed by atoms with E-state index in [1.54, 1.807) is 23.5 Å². The summed E-state index contributed by atoms with van der Waals surface area (Å²) < 4.78 is 5.78. The summed E-state index contributed by atoms with van der Waals surface area (Å²) in [6, 6.07) is 11.2. The van der Waals surface area contributed by atoms with E-state index in [0.717, 1.165) is 28.6 Å². The van der Waals surface area contributed by atoms with E-state index in [-0.39, 0.29) is 5.75 Å². The van der Waals surface area contributed by atoms with Gasteiger partial charge in [0.15, 0.2) is 0 Å². The van der Waals surface area contributed by atoms with E-state index >= 15 is 0 Å². The maximum absolute atomic E-state index is 9.51. The van der Waals surface area contributed by atoms with Crippen LogP contribution in [0.4, 0.5) is 0 Å². The molecule has 0 aliphatic carbocycles. The van der Waals surface area contributed by atoms with Gasteiger partial charge in [-0.1, -0.05) is 12.1 Å². The van der Waals surface area contributed by atoms with E-state index in [1.807, 2.05) is 36.7 Å². The van der Waals surface area contributed by atoms with Crippen molar-refractivity contribution in [3.05, 3.63) is 52.5 Å². The Bertz CT molecular complexity index is 736. The molecule has 3 nitrogen and oxygen atoms in total. The van der Waals surface area contributed by atoms with Gasteiger partial charge in [0, 0.05) is 11.3 Å². The number of nitrogens with zero attached hydrogens (tertiary/aromatic N) is 1. The monoisotopic (exact) mass is 285 g/mol. The second-order valence-corrected chi connectivity index (χ2v) is 5.59. The van der Waals surface area contributed by atoms with Crippen molar-refractivity contribution in [2.45, 2.75) is 13.3 Å². The zero-order valence-corrected chi connectivity index (χ0v) is 12.0. The first-order chi connectivity index (χ1) is 9.72. The molecular formula is C16H15NO2S. The molecule has 0 amide bonds. The van der Waals surface area contributed by atoms with Gasteiger partial charge in [-0.15, -0.1) is 11.3 Å². The largest absolute Gasteiger partial charge is 0.508 e. The van der Waals surface area contributed by atoms with E-state index < -0.39 is 0 Å². The lowest BCUT2D eigenvalue weighted by molar-refractivity contribution is 0.323. The van der Waals surface area contributed by atoms with Gasteiger partial charge >= 0.3 is 0 Å². The van der Waals surface area contributed by atoms with Crippen LogP contribution in [0.5, 0.6) is 11.5 Å². The minimum atomic E-state index is 0.273. The van der Waals surface area contributed by atoms with Gasteiger partial charge in [-0.2, -0.15) is 0 Å². The number of rotatable bonds is 4. The zero-order chi connectivity index (χ0) is 13.9. The summed E-state index contributed by atoms with van der Waals surface area (Å²) in [6.07, 6.45) is 0.870. The molecule has 0 atom stereocenters. The number of aromatic hydroxyl groups is 1. The Morgan fingerprint density at radius 3 is 2.80 bits per heavy atom. The van der Waals surface area contributed by atoms with E-state index in [0.29, 0.717) is 6.61 Å². The summed E-state index contributed by atoms with van der Waals surface area (Å²) in [6.45, 7) is 2.65. The lowest BCUT2D eigenvalue weighted by atomic mass is 10.1. The van der Waals surface area contributed by atoms with Crippen LogP contribution in [0.3, 0.4) is 0 Å². The number of fused-ring (bicyclic) bond motifs is 1. The summed E-state index contributed by atoms with van der Waals surface area (Å²) in [5.41, 5.74) is 2.95. The van der Waals surface area contributed by atoms with Crippen molar-refractivity contribution in [2.75, 3.05) is 6.61 Å². The molecule has 0 aliphatic rings. The third kappa shape index (κ3) is 2.75. The second-order valence-electron chi connectivity index (χ2n) is 4.65. The first-order valence-electron chi connectivity index (χ1n) is 6.47. The predicted octanol–water partition coefficient (Wildman–Crippen LogP) is 3.93. The SMILES string of the molecule is Cc1ncsc1CCOc1ccc2ccc(O)cc2c1. The van der Waals surface area contributed by atoms with Crippen molar-refractivity contribution < 1.29 is 9.84 Å². The molecule has 3 aromatic rings. The topological polar surface area (TPSA) is 42.4 Å². The van der Waals surface area contributed by atoms with E-state index in [2.05, 4.69) is 4.98 Å². The average molecular weight is 285 g/mol. The van der Waals surface area contributed by atoms with Crippen molar-refractivity contribution in [1.29, 1.82) is 0 Å². The summed E-state index contributed by atoms with van der Waals surface area (Å²) >= 11 is 1.67. The normalized spacial score (nSPS) is 10.8. The summed E-state index contributed by atoms with van der Waals surface area (Å²) in [4.78, 5) is 5.50. The molecule has 0 bridgehead atoms. The molecule has 1 aromatic heterocycles.